The van der Waals surface area contributed by atoms with Crippen LogP contribution >= 0.6 is 0 Å². The molecule has 0 fully saturated rings. The van der Waals surface area contributed by atoms with E-state index in [-0.39, 0.29) is 5.91 Å². The Bertz CT molecular complexity index is 846. The Morgan fingerprint density at radius 2 is 1.81 bits per heavy atom. The molecule has 2 aromatic carbocycles. The van der Waals surface area contributed by atoms with Gasteiger partial charge < -0.3 is 15.4 Å². The molecule has 1 atom stereocenters. The van der Waals surface area contributed by atoms with E-state index in [4.69, 9.17) is 4.74 Å². The van der Waals surface area contributed by atoms with Crippen LogP contribution in [0.3, 0.4) is 0 Å². The Morgan fingerprint density at radius 3 is 2.50 bits per heavy atom. The van der Waals surface area contributed by atoms with E-state index in [1.807, 2.05) is 49.5 Å². The Balaban J connectivity index is 1.60. The minimum atomic E-state index is -0.464. The average molecular weight is 351 g/mol. The van der Waals surface area contributed by atoms with Crippen LogP contribution in [0.4, 0.5) is 5.69 Å². The maximum atomic E-state index is 12.4. The van der Waals surface area contributed by atoms with Crippen LogP contribution in [0.5, 0.6) is 11.5 Å². The minimum Gasteiger partial charge on any atom is -0.457 e. The van der Waals surface area contributed by atoms with Gasteiger partial charge in [0.2, 0.25) is 5.91 Å². The molecule has 0 aliphatic heterocycles. The second kappa shape index (κ2) is 8.26. The lowest BCUT2D eigenvalue weighted by Crippen LogP contribution is -2.24. The highest BCUT2D eigenvalue weighted by Crippen LogP contribution is 2.23. The van der Waals surface area contributed by atoms with Gasteiger partial charge in [-0.25, -0.2) is 4.68 Å². The lowest BCUT2D eigenvalue weighted by molar-refractivity contribution is -0.119. The normalized spacial score (nSPS) is 11.8. The Hall–Kier alpha value is -3.19. The third-order valence-corrected chi connectivity index (χ3v) is 3.79. The summed E-state index contributed by atoms with van der Waals surface area (Å²) in [6.45, 7) is 2.39. The molecule has 1 aromatic heterocycles. The molecule has 7 nitrogen and oxygen atoms in total. The third-order valence-electron chi connectivity index (χ3n) is 3.79. The highest BCUT2D eigenvalue weighted by Gasteiger charge is 2.17. The fraction of sp³-hybridized carbons (Fsp3) is 0.211. The van der Waals surface area contributed by atoms with E-state index in [1.54, 1.807) is 29.9 Å². The molecule has 1 unspecified atom stereocenters. The molecular formula is C19H21N5O2. The average Bonchev–Trinajstić information content (AvgIpc) is 3.12. The predicted octanol–water partition coefficient (Wildman–Crippen LogP) is 2.99. The molecule has 0 saturated carbocycles. The van der Waals surface area contributed by atoms with Crippen LogP contribution in [0, 0.1) is 0 Å². The van der Waals surface area contributed by atoms with Crippen LogP contribution in [-0.2, 0) is 11.3 Å². The number of anilines is 1. The zero-order valence-electron chi connectivity index (χ0n) is 14.7. The van der Waals surface area contributed by atoms with Crippen molar-refractivity contribution in [2.24, 2.45) is 0 Å². The van der Waals surface area contributed by atoms with E-state index in [1.165, 1.54) is 0 Å². The van der Waals surface area contributed by atoms with E-state index < -0.39 is 6.04 Å². The zero-order valence-corrected chi connectivity index (χ0v) is 14.7. The van der Waals surface area contributed by atoms with Crippen LogP contribution in [0.25, 0.3) is 0 Å². The van der Waals surface area contributed by atoms with Gasteiger partial charge in [0, 0.05) is 12.2 Å². The molecule has 3 rings (SSSR count). The maximum absolute atomic E-state index is 12.4. The van der Waals surface area contributed by atoms with E-state index in [0.29, 0.717) is 18.0 Å². The predicted molar refractivity (Wildman–Crippen MR) is 99.1 cm³/mol. The zero-order chi connectivity index (χ0) is 18.4. The Labute approximate surface area is 152 Å². The lowest BCUT2D eigenvalue weighted by Gasteiger charge is -2.12. The largest absolute Gasteiger partial charge is 0.457 e. The van der Waals surface area contributed by atoms with Crippen LogP contribution < -0.4 is 15.4 Å². The van der Waals surface area contributed by atoms with E-state index in [2.05, 4.69) is 20.9 Å². The monoisotopic (exact) mass is 351 g/mol. The summed E-state index contributed by atoms with van der Waals surface area (Å²) < 4.78 is 7.29. The number of hydrogen-bond donors (Lipinski definition) is 2. The van der Waals surface area contributed by atoms with Crippen molar-refractivity contribution in [3.8, 4) is 11.5 Å². The first kappa shape index (κ1) is 17.6. The lowest BCUT2D eigenvalue weighted by atomic mass is 10.2. The highest BCUT2D eigenvalue weighted by atomic mass is 16.5. The van der Waals surface area contributed by atoms with Gasteiger partial charge in [-0.3, -0.25) is 4.79 Å². The standard InChI is InChI=1S/C19H21N5O2/c1-14(24-13-16(12-20-2)22-23-24)19(25)21-15-8-10-18(11-9-15)26-17-6-4-3-5-7-17/h3-11,13-14,20H,12H2,1-2H3,(H,21,25). The highest BCUT2D eigenvalue weighted by molar-refractivity contribution is 5.93. The van der Waals surface area contributed by atoms with Crippen LogP contribution in [0.2, 0.25) is 0 Å². The molecular weight excluding hydrogens is 330 g/mol. The second-order valence-electron chi connectivity index (χ2n) is 5.82. The number of rotatable bonds is 7. The van der Waals surface area contributed by atoms with Crippen molar-refractivity contribution in [1.29, 1.82) is 0 Å². The molecule has 0 radical (unpaired) electrons. The summed E-state index contributed by atoms with van der Waals surface area (Å²) in [5.74, 6) is 1.30. The van der Waals surface area contributed by atoms with Crippen molar-refractivity contribution in [2.45, 2.75) is 19.5 Å². The number of para-hydroxylation sites is 1. The second-order valence-corrected chi connectivity index (χ2v) is 5.82. The summed E-state index contributed by atoms with van der Waals surface area (Å²) in [7, 11) is 1.83. The van der Waals surface area contributed by atoms with Crippen LogP contribution in [-0.4, -0.2) is 27.9 Å². The molecule has 2 N–H and O–H groups in total. The van der Waals surface area contributed by atoms with Crippen molar-refractivity contribution in [3.05, 3.63) is 66.5 Å². The smallest absolute Gasteiger partial charge is 0.249 e. The van der Waals surface area contributed by atoms with Crippen molar-refractivity contribution < 1.29 is 9.53 Å². The fourth-order valence-electron chi connectivity index (χ4n) is 2.36. The number of hydrogen-bond acceptors (Lipinski definition) is 5. The molecule has 3 aromatic rings. The van der Waals surface area contributed by atoms with Gasteiger partial charge in [0.1, 0.15) is 17.5 Å². The van der Waals surface area contributed by atoms with Gasteiger partial charge in [0.15, 0.2) is 0 Å². The first-order chi connectivity index (χ1) is 12.7. The first-order valence-electron chi connectivity index (χ1n) is 8.35. The molecule has 0 aliphatic rings. The summed E-state index contributed by atoms with van der Waals surface area (Å²) in [6.07, 6.45) is 1.76. The molecule has 26 heavy (non-hydrogen) atoms. The molecule has 7 heteroatoms. The number of carbonyl (C=O) groups excluding carboxylic acids is 1. The van der Waals surface area contributed by atoms with Gasteiger partial charge in [0.25, 0.3) is 0 Å². The summed E-state index contributed by atoms with van der Waals surface area (Å²) in [4.78, 5) is 12.4. The summed E-state index contributed by atoms with van der Waals surface area (Å²) >= 11 is 0. The SMILES string of the molecule is CNCc1cn(C(C)C(=O)Nc2ccc(Oc3ccccc3)cc2)nn1. The number of amides is 1. The van der Waals surface area contributed by atoms with Crippen molar-refractivity contribution in [2.75, 3.05) is 12.4 Å². The topological polar surface area (TPSA) is 81.1 Å². The van der Waals surface area contributed by atoms with Crippen molar-refractivity contribution >= 4 is 11.6 Å². The number of carbonyl (C=O) groups is 1. The van der Waals surface area contributed by atoms with Gasteiger partial charge in [0.05, 0.1) is 11.9 Å². The van der Waals surface area contributed by atoms with Gasteiger partial charge in [-0.2, -0.15) is 0 Å². The van der Waals surface area contributed by atoms with Gasteiger partial charge in [-0.05, 0) is 50.4 Å². The maximum Gasteiger partial charge on any atom is 0.249 e. The van der Waals surface area contributed by atoms with Gasteiger partial charge in [-0.15, -0.1) is 5.10 Å². The van der Waals surface area contributed by atoms with Crippen LogP contribution in [0.15, 0.2) is 60.8 Å². The number of ether oxygens (including phenoxy) is 1. The first-order valence-corrected chi connectivity index (χ1v) is 8.35. The summed E-state index contributed by atoms with van der Waals surface area (Å²) in [5.41, 5.74) is 1.48. The number of nitrogens with one attached hydrogen (secondary N) is 2. The molecule has 0 aliphatic carbocycles. The molecule has 0 saturated heterocycles. The van der Waals surface area contributed by atoms with Crippen LogP contribution in [0.1, 0.15) is 18.7 Å². The molecule has 1 heterocycles. The quantitative estimate of drug-likeness (QED) is 0.684. The summed E-state index contributed by atoms with van der Waals surface area (Å²) in [5, 5.41) is 13.9. The van der Waals surface area contributed by atoms with Crippen molar-refractivity contribution in [1.82, 2.24) is 20.3 Å². The summed E-state index contributed by atoms with van der Waals surface area (Å²) in [6, 6.07) is 16.3. The molecule has 0 spiro atoms. The van der Waals surface area contributed by atoms with Gasteiger partial charge >= 0.3 is 0 Å². The van der Waals surface area contributed by atoms with Crippen molar-refractivity contribution in [3.63, 3.8) is 0 Å². The number of benzene rings is 2. The number of nitrogens with zero attached hydrogens (tertiary/aromatic N) is 3. The van der Waals surface area contributed by atoms with Gasteiger partial charge in [-0.1, -0.05) is 23.4 Å². The molecule has 0 bridgehead atoms. The Kier molecular flexibility index (Phi) is 5.60. The fourth-order valence-corrected chi connectivity index (χ4v) is 2.36. The third kappa shape index (κ3) is 4.46. The Morgan fingerprint density at radius 1 is 1.12 bits per heavy atom. The van der Waals surface area contributed by atoms with E-state index in [9.17, 15) is 4.79 Å². The van der Waals surface area contributed by atoms with E-state index in [0.717, 1.165) is 11.4 Å². The molecule has 134 valence electrons. The van der Waals surface area contributed by atoms with E-state index >= 15 is 0 Å². The minimum absolute atomic E-state index is 0.164. The number of aromatic nitrogens is 3. The molecule has 1 amide bonds.